The standard InChI is InChI=1S/C15H14ClN3O2/c16-13(10-5-2-1-3-6-10)14(20)18-11-7-4-8-12(9-11)19-15(17)21/h1-9,13H,(H,18,20)(H3,17,19,21). The van der Waals surface area contributed by atoms with Gasteiger partial charge in [-0.1, -0.05) is 36.4 Å². The van der Waals surface area contributed by atoms with Crippen molar-refractivity contribution in [2.45, 2.75) is 5.38 Å². The Labute approximate surface area is 127 Å². The Bertz CT molecular complexity index is 646. The minimum absolute atomic E-state index is 0.348. The molecule has 108 valence electrons. The third kappa shape index (κ3) is 4.22. The zero-order valence-electron chi connectivity index (χ0n) is 11.0. The maximum Gasteiger partial charge on any atom is 0.316 e. The second-order valence-corrected chi connectivity index (χ2v) is 4.77. The van der Waals surface area contributed by atoms with Crippen LogP contribution < -0.4 is 16.4 Å². The van der Waals surface area contributed by atoms with Crippen LogP contribution in [0.3, 0.4) is 0 Å². The first-order valence-corrected chi connectivity index (χ1v) is 6.66. The lowest BCUT2D eigenvalue weighted by molar-refractivity contribution is -0.116. The first-order chi connectivity index (χ1) is 10.1. The Morgan fingerprint density at radius 1 is 0.952 bits per heavy atom. The monoisotopic (exact) mass is 303 g/mol. The molecule has 2 aromatic carbocycles. The third-order valence-electron chi connectivity index (χ3n) is 2.72. The molecule has 0 radical (unpaired) electrons. The highest BCUT2D eigenvalue weighted by Crippen LogP contribution is 2.23. The number of primary amides is 1. The lowest BCUT2D eigenvalue weighted by Gasteiger charge is -2.11. The van der Waals surface area contributed by atoms with E-state index in [1.54, 1.807) is 36.4 Å². The van der Waals surface area contributed by atoms with Gasteiger partial charge in [0.15, 0.2) is 0 Å². The van der Waals surface area contributed by atoms with Gasteiger partial charge in [-0.25, -0.2) is 4.79 Å². The fourth-order valence-corrected chi connectivity index (χ4v) is 2.00. The van der Waals surface area contributed by atoms with Crippen molar-refractivity contribution < 1.29 is 9.59 Å². The van der Waals surface area contributed by atoms with Crippen LogP contribution in [0.15, 0.2) is 54.6 Å². The van der Waals surface area contributed by atoms with Crippen molar-refractivity contribution in [3.8, 4) is 0 Å². The maximum absolute atomic E-state index is 12.1. The number of hydrogen-bond acceptors (Lipinski definition) is 2. The Morgan fingerprint density at radius 2 is 1.57 bits per heavy atom. The number of urea groups is 1. The summed E-state index contributed by atoms with van der Waals surface area (Å²) < 4.78 is 0. The number of carbonyl (C=O) groups excluding carboxylic acids is 2. The molecule has 4 N–H and O–H groups in total. The molecule has 5 nitrogen and oxygen atoms in total. The molecule has 0 heterocycles. The number of halogens is 1. The predicted molar refractivity (Wildman–Crippen MR) is 83.3 cm³/mol. The topological polar surface area (TPSA) is 84.2 Å². The Morgan fingerprint density at radius 3 is 2.19 bits per heavy atom. The van der Waals surface area contributed by atoms with Crippen molar-refractivity contribution in [1.82, 2.24) is 0 Å². The molecule has 3 amide bonds. The van der Waals surface area contributed by atoms with Gasteiger partial charge in [0.2, 0.25) is 5.91 Å². The highest BCUT2D eigenvalue weighted by atomic mass is 35.5. The molecule has 1 unspecified atom stereocenters. The summed E-state index contributed by atoms with van der Waals surface area (Å²) in [5.41, 5.74) is 6.77. The number of rotatable bonds is 4. The van der Waals surface area contributed by atoms with Gasteiger partial charge in [-0.2, -0.15) is 0 Å². The van der Waals surface area contributed by atoms with E-state index in [1.807, 2.05) is 18.2 Å². The van der Waals surface area contributed by atoms with E-state index in [2.05, 4.69) is 10.6 Å². The summed E-state index contributed by atoms with van der Waals surface area (Å²) in [6.45, 7) is 0. The maximum atomic E-state index is 12.1. The molecule has 21 heavy (non-hydrogen) atoms. The zero-order chi connectivity index (χ0) is 15.2. The molecule has 0 fully saturated rings. The van der Waals surface area contributed by atoms with Gasteiger partial charge in [-0.3, -0.25) is 4.79 Å². The summed E-state index contributed by atoms with van der Waals surface area (Å²) in [7, 11) is 0. The van der Waals surface area contributed by atoms with E-state index in [1.165, 1.54) is 0 Å². The quantitative estimate of drug-likeness (QED) is 0.758. The minimum atomic E-state index is -0.793. The van der Waals surface area contributed by atoms with Crippen LogP contribution in [0.25, 0.3) is 0 Å². The fourth-order valence-electron chi connectivity index (χ4n) is 1.80. The highest BCUT2D eigenvalue weighted by Gasteiger charge is 2.17. The molecule has 0 aliphatic rings. The summed E-state index contributed by atoms with van der Waals surface area (Å²) in [6.07, 6.45) is 0. The summed E-state index contributed by atoms with van der Waals surface area (Å²) in [5.74, 6) is -0.348. The van der Waals surface area contributed by atoms with E-state index in [9.17, 15) is 9.59 Å². The van der Waals surface area contributed by atoms with Gasteiger partial charge in [-0.15, -0.1) is 11.6 Å². The summed E-state index contributed by atoms with van der Waals surface area (Å²) in [4.78, 5) is 22.9. The summed E-state index contributed by atoms with van der Waals surface area (Å²) in [6, 6.07) is 15.0. The first kappa shape index (κ1) is 14.9. The molecular weight excluding hydrogens is 290 g/mol. The van der Waals surface area contributed by atoms with Gasteiger partial charge in [0.05, 0.1) is 0 Å². The molecule has 2 aromatic rings. The Balaban J connectivity index is 2.07. The smallest absolute Gasteiger partial charge is 0.316 e. The van der Waals surface area contributed by atoms with E-state index in [-0.39, 0.29) is 5.91 Å². The number of anilines is 2. The van der Waals surface area contributed by atoms with E-state index in [4.69, 9.17) is 17.3 Å². The van der Waals surface area contributed by atoms with Gasteiger partial charge in [0.1, 0.15) is 5.38 Å². The lowest BCUT2D eigenvalue weighted by atomic mass is 10.1. The number of nitrogens with one attached hydrogen (secondary N) is 2. The fraction of sp³-hybridized carbons (Fsp3) is 0.0667. The van der Waals surface area contributed by atoms with Gasteiger partial charge in [0, 0.05) is 11.4 Å². The van der Waals surface area contributed by atoms with Crippen LogP contribution in [0, 0.1) is 0 Å². The SMILES string of the molecule is NC(=O)Nc1cccc(NC(=O)C(Cl)c2ccccc2)c1. The van der Waals surface area contributed by atoms with Crippen LogP contribution in [-0.4, -0.2) is 11.9 Å². The average Bonchev–Trinajstić information content (AvgIpc) is 2.47. The van der Waals surface area contributed by atoms with Gasteiger partial charge in [0.25, 0.3) is 0 Å². The van der Waals surface area contributed by atoms with Crippen LogP contribution >= 0.6 is 11.6 Å². The molecule has 0 aromatic heterocycles. The number of nitrogens with two attached hydrogens (primary N) is 1. The van der Waals surface area contributed by atoms with E-state index < -0.39 is 11.4 Å². The molecular formula is C15H14ClN3O2. The molecule has 1 atom stereocenters. The van der Waals surface area contributed by atoms with E-state index >= 15 is 0 Å². The molecule has 2 rings (SSSR count). The van der Waals surface area contributed by atoms with Gasteiger partial charge in [-0.05, 0) is 23.8 Å². The predicted octanol–water partition coefficient (Wildman–Crippen LogP) is 3.10. The van der Waals surface area contributed by atoms with Crippen molar-refractivity contribution >= 4 is 34.9 Å². The van der Waals surface area contributed by atoms with Crippen molar-refractivity contribution in [2.24, 2.45) is 5.73 Å². The third-order valence-corrected chi connectivity index (χ3v) is 3.17. The first-order valence-electron chi connectivity index (χ1n) is 6.22. The van der Waals surface area contributed by atoms with Gasteiger partial charge < -0.3 is 16.4 Å². The molecule has 0 saturated carbocycles. The van der Waals surface area contributed by atoms with Crippen molar-refractivity contribution in [2.75, 3.05) is 10.6 Å². The summed E-state index contributed by atoms with van der Waals surface area (Å²) in [5, 5.41) is 4.33. The highest BCUT2D eigenvalue weighted by molar-refractivity contribution is 6.32. The number of carbonyl (C=O) groups is 2. The molecule has 0 bridgehead atoms. The van der Waals surface area contributed by atoms with E-state index in [0.29, 0.717) is 16.9 Å². The number of hydrogen-bond donors (Lipinski definition) is 3. The number of amides is 3. The van der Waals surface area contributed by atoms with Crippen LogP contribution in [0.1, 0.15) is 10.9 Å². The molecule has 0 saturated heterocycles. The Hall–Kier alpha value is -2.53. The van der Waals surface area contributed by atoms with Crippen LogP contribution in [0.4, 0.5) is 16.2 Å². The second kappa shape index (κ2) is 6.76. The minimum Gasteiger partial charge on any atom is -0.351 e. The van der Waals surface area contributed by atoms with Crippen LogP contribution in [0.2, 0.25) is 0 Å². The largest absolute Gasteiger partial charge is 0.351 e. The lowest BCUT2D eigenvalue weighted by Crippen LogP contribution is -2.20. The Kier molecular flexibility index (Phi) is 4.79. The number of alkyl halides is 1. The second-order valence-electron chi connectivity index (χ2n) is 4.33. The van der Waals surface area contributed by atoms with Crippen LogP contribution in [0.5, 0.6) is 0 Å². The van der Waals surface area contributed by atoms with Gasteiger partial charge >= 0.3 is 6.03 Å². The average molecular weight is 304 g/mol. The molecule has 0 aliphatic carbocycles. The molecule has 6 heteroatoms. The van der Waals surface area contributed by atoms with Crippen molar-refractivity contribution in [3.05, 3.63) is 60.2 Å². The normalized spacial score (nSPS) is 11.5. The zero-order valence-corrected chi connectivity index (χ0v) is 11.8. The van der Waals surface area contributed by atoms with Crippen molar-refractivity contribution in [3.63, 3.8) is 0 Å². The number of benzene rings is 2. The van der Waals surface area contributed by atoms with Crippen molar-refractivity contribution in [1.29, 1.82) is 0 Å². The van der Waals surface area contributed by atoms with E-state index in [0.717, 1.165) is 0 Å². The molecule has 0 spiro atoms. The van der Waals surface area contributed by atoms with Crippen LogP contribution in [-0.2, 0) is 4.79 Å². The molecule has 0 aliphatic heterocycles. The summed E-state index contributed by atoms with van der Waals surface area (Å²) >= 11 is 6.13.